The summed E-state index contributed by atoms with van der Waals surface area (Å²) in [6, 6.07) is 0. The summed E-state index contributed by atoms with van der Waals surface area (Å²) in [5.74, 6) is 1.07. The van der Waals surface area contributed by atoms with E-state index in [1.54, 1.807) is 11.9 Å². The van der Waals surface area contributed by atoms with Crippen molar-refractivity contribution in [3.05, 3.63) is 0 Å². The van der Waals surface area contributed by atoms with E-state index in [0.29, 0.717) is 18.1 Å². The third-order valence-corrected chi connectivity index (χ3v) is 3.85. The van der Waals surface area contributed by atoms with Crippen LogP contribution in [0.5, 0.6) is 0 Å². The molecule has 0 bridgehead atoms. The Morgan fingerprint density at radius 2 is 2.12 bits per heavy atom. The topological polar surface area (TPSA) is 83.6 Å². The zero-order chi connectivity index (χ0) is 12.8. The van der Waals surface area contributed by atoms with Crippen LogP contribution in [0, 0.1) is 5.92 Å². The van der Waals surface area contributed by atoms with Gasteiger partial charge in [-0.3, -0.25) is 9.59 Å². The van der Waals surface area contributed by atoms with Crippen molar-refractivity contribution in [2.24, 2.45) is 11.7 Å². The van der Waals surface area contributed by atoms with E-state index in [1.165, 1.54) is 11.8 Å². The number of thioether (sulfide) groups is 1. The summed E-state index contributed by atoms with van der Waals surface area (Å²) >= 11 is 1.38. The van der Waals surface area contributed by atoms with Crippen molar-refractivity contribution < 1.29 is 14.7 Å². The smallest absolute Gasteiger partial charge is 0.227 e. The van der Waals surface area contributed by atoms with E-state index in [4.69, 9.17) is 10.8 Å². The van der Waals surface area contributed by atoms with Crippen molar-refractivity contribution in [1.29, 1.82) is 0 Å². The number of amides is 2. The van der Waals surface area contributed by atoms with Gasteiger partial charge in [0.15, 0.2) is 0 Å². The molecule has 0 aromatic carbocycles. The first-order valence-electron chi connectivity index (χ1n) is 5.77. The molecule has 2 amide bonds. The van der Waals surface area contributed by atoms with Gasteiger partial charge in [0, 0.05) is 25.8 Å². The van der Waals surface area contributed by atoms with Crippen LogP contribution in [-0.4, -0.2) is 53.0 Å². The van der Waals surface area contributed by atoms with Crippen LogP contribution in [0.25, 0.3) is 0 Å². The van der Waals surface area contributed by atoms with Crippen molar-refractivity contribution in [3.63, 3.8) is 0 Å². The summed E-state index contributed by atoms with van der Waals surface area (Å²) in [6.45, 7) is 0.719. The highest BCUT2D eigenvalue weighted by Gasteiger charge is 2.28. The number of aliphatic hydroxyl groups is 1. The Labute approximate surface area is 106 Å². The Morgan fingerprint density at radius 3 is 2.65 bits per heavy atom. The van der Waals surface area contributed by atoms with Gasteiger partial charge in [-0.05, 0) is 18.8 Å². The number of carbonyl (C=O) groups excluding carboxylic acids is 2. The van der Waals surface area contributed by atoms with E-state index in [-0.39, 0.29) is 23.7 Å². The molecule has 98 valence electrons. The predicted octanol–water partition coefficient (Wildman–Crippen LogP) is -0.176. The molecular formula is C11H20N2O3S. The number of aliphatic hydroxyl groups excluding tert-OH is 1. The maximum Gasteiger partial charge on any atom is 0.227 e. The number of primary amides is 1. The van der Waals surface area contributed by atoms with Gasteiger partial charge >= 0.3 is 0 Å². The first kappa shape index (κ1) is 14.3. The van der Waals surface area contributed by atoms with Crippen LogP contribution < -0.4 is 5.73 Å². The highest BCUT2D eigenvalue weighted by Crippen LogP contribution is 2.27. The quantitative estimate of drug-likeness (QED) is 0.622. The van der Waals surface area contributed by atoms with E-state index in [9.17, 15) is 9.59 Å². The number of rotatable bonds is 7. The number of hydrogen-bond acceptors (Lipinski definition) is 4. The highest BCUT2D eigenvalue weighted by molar-refractivity contribution is 7.99. The molecule has 0 saturated heterocycles. The molecule has 0 atom stereocenters. The molecular weight excluding hydrogens is 240 g/mol. The Hall–Kier alpha value is -0.750. The molecule has 0 aromatic heterocycles. The minimum Gasteiger partial charge on any atom is -0.393 e. The van der Waals surface area contributed by atoms with Crippen LogP contribution in [-0.2, 0) is 9.59 Å². The maximum absolute atomic E-state index is 11.7. The molecule has 0 spiro atoms. The Morgan fingerprint density at radius 1 is 1.47 bits per heavy atom. The highest BCUT2D eigenvalue weighted by atomic mass is 32.2. The first-order valence-corrected chi connectivity index (χ1v) is 6.92. The SMILES string of the molecule is CN(CC1CC(O)C1)C(=O)CCSCC(N)=O. The average Bonchev–Trinajstić information content (AvgIpc) is 2.21. The molecule has 0 aliphatic heterocycles. The molecule has 1 fully saturated rings. The van der Waals surface area contributed by atoms with Gasteiger partial charge in [-0.1, -0.05) is 0 Å². The van der Waals surface area contributed by atoms with Crippen LogP contribution in [0.1, 0.15) is 19.3 Å². The van der Waals surface area contributed by atoms with Crippen LogP contribution in [0.2, 0.25) is 0 Å². The number of nitrogens with zero attached hydrogens (tertiary/aromatic N) is 1. The van der Waals surface area contributed by atoms with Crippen molar-refractivity contribution in [2.75, 3.05) is 25.1 Å². The number of hydrogen-bond donors (Lipinski definition) is 2. The van der Waals surface area contributed by atoms with Gasteiger partial charge in [-0.2, -0.15) is 11.8 Å². The second kappa shape index (κ2) is 6.86. The van der Waals surface area contributed by atoms with Gasteiger partial charge in [0.1, 0.15) is 0 Å². The average molecular weight is 260 g/mol. The fourth-order valence-corrected chi connectivity index (χ4v) is 2.53. The normalized spacial score (nSPS) is 22.9. The molecule has 0 aromatic rings. The molecule has 5 nitrogen and oxygen atoms in total. The Bertz CT molecular complexity index is 280. The fourth-order valence-electron chi connectivity index (χ4n) is 1.86. The number of nitrogens with two attached hydrogens (primary N) is 1. The van der Waals surface area contributed by atoms with Gasteiger partial charge in [0.2, 0.25) is 11.8 Å². The largest absolute Gasteiger partial charge is 0.393 e. The van der Waals surface area contributed by atoms with Crippen LogP contribution in [0.15, 0.2) is 0 Å². The van der Waals surface area contributed by atoms with Gasteiger partial charge in [0.05, 0.1) is 11.9 Å². The van der Waals surface area contributed by atoms with Crippen LogP contribution >= 0.6 is 11.8 Å². The van der Waals surface area contributed by atoms with E-state index in [0.717, 1.165) is 19.4 Å². The standard InChI is InChI=1S/C11H20N2O3S/c1-13(6-8-4-9(14)5-8)11(16)2-3-17-7-10(12)15/h8-9,14H,2-7H2,1H3,(H2,12,15). The predicted molar refractivity (Wildman–Crippen MR) is 67.5 cm³/mol. The summed E-state index contributed by atoms with van der Waals surface area (Å²) in [5, 5.41) is 9.14. The lowest BCUT2D eigenvalue weighted by molar-refractivity contribution is -0.131. The fraction of sp³-hybridized carbons (Fsp3) is 0.818. The molecule has 0 unspecified atom stereocenters. The summed E-state index contributed by atoms with van der Waals surface area (Å²) < 4.78 is 0. The molecule has 6 heteroatoms. The van der Waals surface area contributed by atoms with E-state index in [2.05, 4.69) is 0 Å². The zero-order valence-electron chi connectivity index (χ0n) is 10.1. The first-order chi connectivity index (χ1) is 7.99. The molecule has 1 rings (SSSR count). The van der Waals surface area contributed by atoms with Gasteiger partial charge < -0.3 is 15.7 Å². The van der Waals surface area contributed by atoms with Gasteiger partial charge in [-0.15, -0.1) is 0 Å². The molecule has 1 saturated carbocycles. The second-order valence-electron chi connectivity index (χ2n) is 4.53. The summed E-state index contributed by atoms with van der Waals surface area (Å²) in [5.41, 5.74) is 4.99. The Balaban J connectivity index is 2.07. The van der Waals surface area contributed by atoms with Crippen molar-refractivity contribution in [3.8, 4) is 0 Å². The van der Waals surface area contributed by atoms with Gasteiger partial charge in [-0.25, -0.2) is 0 Å². The minimum atomic E-state index is -0.348. The third-order valence-electron chi connectivity index (χ3n) is 2.87. The summed E-state index contributed by atoms with van der Waals surface area (Å²) in [6.07, 6.45) is 1.86. The van der Waals surface area contributed by atoms with E-state index >= 15 is 0 Å². The molecule has 3 N–H and O–H groups in total. The monoisotopic (exact) mass is 260 g/mol. The maximum atomic E-state index is 11.7. The van der Waals surface area contributed by atoms with Crippen LogP contribution in [0.4, 0.5) is 0 Å². The van der Waals surface area contributed by atoms with Crippen LogP contribution in [0.3, 0.4) is 0 Å². The van der Waals surface area contributed by atoms with Gasteiger partial charge in [0.25, 0.3) is 0 Å². The van der Waals surface area contributed by atoms with Crippen molar-refractivity contribution >= 4 is 23.6 Å². The van der Waals surface area contributed by atoms with E-state index < -0.39 is 0 Å². The summed E-state index contributed by atoms with van der Waals surface area (Å²) in [7, 11) is 1.78. The second-order valence-corrected chi connectivity index (χ2v) is 5.64. The molecule has 1 aliphatic carbocycles. The van der Waals surface area contributed by atoms with Crippen molar-refractivity contribution in [2.45, 2.75) is 25.4 Å². The lowest BCUT2D eigenvalue weighted by Gasteiger charge is -2.34. The minimum absolute atomic E-state index is 0.0864. The zero-order valence-corrected chi connectivity index (χ0v) is 10.9. The molecule has 0 radical (unpaired) electrons. The Kier molecular flexibility index (Phi) is 5.77. The third kappa shape index (κ3) is 5.41. The molecule has 0 heterocycles. The molecule has 17 heavy (non-hydrogen) atoms. The van der Waals surface area contributed by atoms with E-state index in [1.807, 2.05) is 0 Å². The lowest BCUT2D eigenvalue weighted by Crippen LogP contribution is -2.39. The molecule has 1 aliphatic rings. The summed E-state index contributed by atoms with van der Waals surface area (Å²) in [4.78, 5) is 23.9. The lowest BCUT2D eigenvalue weighted by atomic mass is 9.82. The number of carbonyl (C=O) groups is 2. The van der Waals surface area contributed by atoms with Crippen molar-refractivity contribution in [1.82, 2.24) is 4.90 Å².